The highest BCUT2D eigenvalue weighted by Gasteiger charge is 2.15. The monoisotopic (exact) mass is 311 g/mol. The fraction of sp³-hybridized carbons (Fsp3) is 0.706. The van der Waals surface area contributed by atoms with E-state index < -0.39 is 0 Å². The summed E-state index contributed by atoms with van der Waals surface area (Å²) in [6, 6.07) is 4.94. The highest BCUT2D eigenvalue weighted by molar-refractivity contribution is 6.31. The van der Waals surface area contributed by atoms with Gasteiger partial charge in [-0.25, -0.2) is 4.98 Å². The average Bonchev–Trinajstić information content (AvgIpc) is 2.47. The second-order valence-corrected chi connectivity index (χ2v) is 6.34. The number of rotatable bonds is 9. The number of nitrogens with one attached hydrogen (secondary N) is 1. The molecular formula is C17H30ClN3. The molecule has 21 heavy (non-hydrogen) atoms. The van der Waals surface area contributed by atoms with Crippen LogP contribution in [0.2, 0.25) is 5.02 Å². The molecule has 120 valence electrons. The summed E-state index contributed by atoms with van der Waals surface area (Å²) in [7, 11) is 0. The zero-order chi connectivity index (χ0) is 15.8. The van der Waals surface area contributed by atoms with Crippen molar-refractivity contribution in [3.05, 3.63) is 22.8 Å². The molecule has 1 atom stereocenters. The van der Waals surface area contributed by atoms with Crippen LogP contribution in [0.3, 0.4) is 0 Å². The number of pyridine rings is 1. The van der Waals surface area contributed by atoms with Gasteiger partial charge in [0.2, 0.25) is 0 Å². The Morgan fingerprint density at radius 3 is 2.52 bits per heavy atom. The van der Waals surface area contributed by atoms with Crippen LogP contribution in [0.15, 0.2) is 12.1 Å². The minimum absolute atomic E-state index is 0.428. The van der Waals surface area contributed by atoms with Crippen LogP contribution in [0.4, 0.5) is 5.82 Å². The smallest absolute Gasteiger partial charge is 0.129 e. The third-order valence-electron chi connectivity index (χ3n) is 3.75. The predicted molar refractivity (Wildman–Crippen MR) is 93.2 cm³/mol. The summed E-state index contributed by atoms with van der Waals surface area (Å²) in [5, 5.41) is 4.13. The molecule has 0 saturated heterocycles. The molecule has 1 aromatic heterocycles. The lowest BCUT2D eigenvalue weighted by Gasteiger charge is -2.30. The lowest BCUT2D eigenvalue weighted by molar-refractivity contribution is 0.572. The molecule has 1 rings (SSSR count). The van der Waals surface area contributed by atoms with Gasteiger partial charge in [0.1, 0.15) is 5.82 Å². The van der Waals surface area contributed by atoms with Crippen molar-refractivity contribution in [3.8, 4) is 0 Å². The predicted octanol–water partition coefficient (Wildman–Crippen LogP) is 4.64. The molecule has 1 N–H and O–H groups in total. The standard InChI is InChI=1S/C17H30ClN3/c1-6-8-11-21(14(5)7-2)17-10-9-15(18)16(20-17)12-19-13(3)4/h9-10,13-14,19H,6-8,11-12H2,1-5H3. The molecule has 0 aliphatic rings. The fourth-order valence-corrected chi connectivity index (χ4v) is 2.34. The minimum atomic E-state index is 0.428. The van der Waals surface area contributed by atoms with Crippen LogP contribution in [0.1, 0.15) is 59.6 Å². The van der Waals surface area contributed by atoms with E-state index in [2.05, 4.69) is 44.8 Å². The van der Waals surface area contributed by atoms with Crippen LogP contribution in [0.25, 0.3) is 0 Å². The van der Waals surface area contributed by atoms with Gasteiger partial charge in [0.25, 0.3) is 0 Å². The van der Waals surface area contributed by atoms with Crippen LogP contribution >= 0.6 is 11.6 Å². The maximum absolute atomic E-state index is 6.28. The van der Waals surface area contributed by atoms with Crippen molar-refractivity contribution < 1.29 is 0 Å². The van der Waals surface area contributed by atoms with Crippen LogP contribution in [-0.2, 0) is 6.54 Å². The highest BCUT2D eigenvalue weighted by Crippen LogP contribution is 2.22. The summed E-state index contributed by atoms with van der Waals surface area (Å²) in [5.41, 5.74) is 0.938. The first-order chi connectivity index (χ1) is 9.99. The van der Waals surface area contributed by atoms with E-state index in [0.29, 0.717) is 18.6 Å². The molecule has 0 spiro atoms. The molecule has 0 aliphatic heterocycles. The maximum atomic E-state index is 6.28. The molecule has 1 unspecified atom stereocenters. The summed E-state index contributed by atoms with van der Waals surface area (Å²) < 4.78 is 0. The van der Waals surface area contributed by atoms with Crippen LogP contribution < -0.4 is 10.2 Å². The first-order valence-electron chi connectivity index (χ1n) is 8.15. The van der Waals surface area contributed by atoms with Gasteiger partial charge in [0.05, 0.1) is 10.7 Å². The number of aromatic nitrogens is 1. The van der Waals surface area contributed by atoms with Crippen molar-refractivity contribution in [2.75, 3.05) is 11.4 Å². The van der Waals surface area contributed by atoms with Crippen molar-refractivity contribution in [3.63, 3.8) is 0 Å². The first-order valence-corrected chi connectivity index (χ1v) is 8.52. The number of halogens is 1. The van der Waals surface area contributed by atoms with Gasteiger partial charge in [-0.3, -0.25) is 0 Å². The van der Waals surface area contributed by atoms with E-state index in [9.17, 15) is 0 Å². The van der Waals surface area contributed by atoms with Crippen molar-refractivity contribution >= 4 is 17.4 Å². The zero-order valence-corrected chi connectivity index (χ0v) is 14.9. The number of anilines is 1. The van der Waals surface area contributed by atoms with E-state index in [1.165, 1.54) is 12.8 Å². The lowest BCUT2D eigenvalue weighted by Crippen LogP contribution is -2.34. The van der Waals surface area contributed by atoms with Gasteiger partial charge in [0.15, 0.2) is 0 Å². The second-order valence-electron chi connectivity index (χ2n) is 5.94. The largest absolute Gasteiger partial charge is 0.354 e. The highest BCUT2D eigenvalue weighted by atomic mass is 35.5. The molecule has 0 aromatic carbocycles. The minimum Gasteiger partial charge on any atom is -0.354 e. The quantitative estimate of drug-likeness (QED) is 0.720. The van der Waals surface area contributed by atoms with Crippen molar-refractivity contribution in [1.29, 1.82) is 0 Å². The normalized spacial score (nSPS) is 12.7. The summed E-state index contributed by atoms with van der Waals surface area (Å²) >= 11 is 6.28. The molecule has 0 amide bonds. The van der Waals surface area contributed by atoms with Crippen molar-refractivity contribution in [2.24, 2.45) is 0 Å². The number of hydrogen-bond acceptors (Lipinski definition) is 3. The molecule has 1 heterocycles. The van der Waals surface area contributed by atoms with E-state index in [1.54, 1.807) is 0 Å². The van der Waals surface area contributed by atoms with Gasteiger partial charge >= 0.3 is 0 Å². The van der Waals surface area contributed by atoms with Gasteiger partial charge in [-0.2, -0.15) is 0 Å². The molecule has 0 fully saturated rings. The van der Waals surface area contributed by atoms with E-state index in [1.807, 2.05) is 12.1 Å². The lowest BCUT2D eigenvalue weighted by atomic mass is 10.2. The molecule has 4 heteroatoms. The number of nitrogens with zero attached hydrogens (tertiary/aromatic N) is 2. The Labute approximate surface area is 135 Å². The maximum Gasteiger partial charge on any atom is 0.129 e. The Hall–Kier alpha value is -0.800. The second kappa shape index (κ2) is 9.26. The van der Waals surface area contributed by atoms with Crippen LogP contribution in [0, 0.1) is 0 Å². The molecular weight excluding hydrogens is 282 g/mol. The summed E-state index contributed by atoms with van der Waals surface area (Å²) in [5.74, 6) is 1.04. The van der Waals surface area contributed by atoms with E-state index in [-0.39, 0.29) is 0 Å². The van der Waals surface area contributed by atoms with Gasteiger partial charge < -0.3 is 10.2 Å². The Balaban J connectivity index is 2.94. The number of hydrogen-bond donors (Lipinski definition) is 1. The SMILES string of the molecule is CCCCN(c1ccc(Cl)c(CNC(C)C)n1)C(C)CC. The molecule has 0 saturated carbocycles. The van der Waals surface area contributed by atoms with Crippen LogP contribution in [-0.4, -0.2) is 23.6 Å². The Morgan fingerprint density at radius 2 is 1.95 bits per heavy atom. The summed E-state index contributed by atoms with van der Waals surface area (Å²) in [6.07, 6.45) is 3.50. The van der Waals surface area contributed by atoms with Gasteiger partial charge in [-0.05, 0) is 31.9 Å². The van der Waals surface area contributed by atoms with Gasteiger partial charge in [0, 0.05) is 25.2 Å². The van der Waals surface area contributed by atoms with E-state index >= 15 is 0 Å². The molecule has 3 nitrogen and oxygen atoms in total. The fourth-order valence-electron chi connectivity index (χ4n) is 2.17. The third kappa shape index (κ3) is 5.84. The van der Waals surface area contributed by atoms with E-state index in [4.69, 9.17) is 16.6 Å². The topological polar surface area (TPSA) is 28.2 Å². The van der Waals surface area contributed by atoms with Crippen molar-refractivity contribution in [2.45, 2.75) is 72.5 Å². The van der Waals surface area contributed by atoms with Crippen molar-refractivity contribution in [1.82, 2.24) is 10.3 Å². The zero-order valence-electron chi connectivity index (χ0n) is 14.1. The molecule has 0 aliphatic carbocycles. The van der Waals surface area contributed by atoms with E-state index in [0.717, 1.165) is 29.5 Å². The molecule has 0 bridgehead atoms. The van der Waals surface area contributed by atoms with Crippen LogP contribution in [0.5, 0.6) is 0 Å². The van der Waals surface area contributed by atoms with Gasteiger partial charge in [-0.1, -0.05) is 45.7 Å². The third-order valence-corrected chi connectivity index (χ3v) is 4.10. The number of unbranched alkanes of at least 4 members (excludes halogenated alkanes) is 1. The summed E-state index contributed by atoms with van der Waals surface area (Å²) in [6.45, 7) is 12.7. The Bertz CT molecular complexity index is 420. The van der Waals surface area contributed by atoms with Gasteiger partial charge in [-0.15, -0.1) is 0 Å². The average molecular weight is 312 g/mol. The Morgan fingerprint density at radius 1 is 1.24 bits per heavy atom. The Kier molecular flexibility index (Phi) is 8.05. The molecule has 1 aromatic rings. The first kappa shape index (κ1) is 18.2. The summed E-state index contributed by atoms with van der Waals surface area (Å²) in [4.78, 5) is 7.20. The molecule has 0 radical (unpaired) electrons.